The molecule has 6 nitrogen and oxygen atoms in total. The molecule has 0 unspecified atom stereocenters. The number of phenols is 1. The van der Waals surface area contributed by atoms with Gasteiger partial charge in [-0.25, -0.2) is 4.79 Å². The van der Waals surface area contributed by atoms with Crippen LogP contribution in [0, 0.1) is 0 Å². The van der Waals surface area contributed by atoms with Crippen LogP contribution in [-0.4, -0.2) is 28.4 Å². The summed E-state index contributed by atoms with van der Waals surface area (Å²) in [5.74, 6) is -2.56. The number of carboxylic acid groups (broad SMARTS) is 2. The fourth-order valence-electron chi connectivity index (χ4n) is 2.21. The first-order valence-electron chi connectivity index (χ1n) is 6.77. The molecule has 2 aromatic rings. The van der Waals surface area contributed by atoms with Gasteiger partial charge in [-0.05, 0) is 53.8 Å². The fourth-order valence-corrected chi connectivity index (χ4v) is 2.21. The summed E-state index contributed by atoms with van der Waals surface area (Å²) in [6, 6.07) is 9.03. The van der Waals surface area contributed by atoms with Gasteiger partial charge in [-0.1, -0.05) is 12.1 Å². The number of benzene rings is 2. The second kappa shape index (κ2) is 6.74. The van der Waals surface area contributed by atoms with Crippen LogP contribution in [0.3, 0.4) is 0 Å². The Labute approximate surface area is 131 Å². The highest BCUT2D eigenvalue weighted by molar-refractivity contribution is 5.89. The zero-order valence-electron chi connectivity index (χ0n) is 12.0. The molecule has 0 spiro atoms. The Morgan fingerprint density at radius 1 is 1.09 bits per heavy atom. The minimum absolute atomic E-state index is 0.0239. The largest absolute Gasteiger partial charge is 0.550 e. The van der Waals surface area contributed by atoms with E-state index < -0.39 is 11.9 Å². The van der Waals surface area contributed by atoms with E-state index in [2.05, 4.69) is 0 Å². The molecule has 2 rings (SSSR count). The minimum atomic E-state index is -1.26. The molecule has 6 heteroatoms. The molecule has 0 atom stereocenters. The molecule has 118 valence electrons. The number of aromatic carboxylic acids is 1. The second-order valence-corrected chi connectivity index (χ2v) is 4.95. The van der Waals surface area contributed by atoms with E-state index in [0.717, 1.165) is 0 Å². The van der Waals surface area contributed by atoms with Crippen molar-refractivity contribution in [3.8, 4) is 16.9 Å². The van der Waals surface area contributed by atoms with Gasteiger partial charge in [-0.15, -0.1) is 0 Å². The fraction of sp³-hybridized carbons (Fsp3) is 0.118. The van der Waals surface area contributed by atoms with Crippen molar-refractivity contribution in [2.45, 2.75) is 12.8 Å². The molecule has 0 aliphatic rings. The van der Waals surface area contributed by atoms with Crippen LogP contribution in [0.25, 0.3) is 11.1 Å². The average Bonchev–Trinajstić information content (AvgIpc) is 2.53. The van der Waals surface area contributed by atoms with Gasteiger partial charge in [0.2, 0.25) is 0 Å². The molecular formula is C17H13O6-. The van der Waals surface area contributed by atoms with Gasteiger partial charge < -0.3 is 20.1 Å². The van der Waals surface area contributed by atoms with Crippen molar-refractivity contribution < 1.29 is 29.7 Å². The van der Waals surface area contributed by atoms with Gasteiger partial charge in [-0.2, -0.15) is 0 Å². The van der Waals surface area contributed by atoms with E-state index in [1.807, 2.05) is 0 Å². The van der Waals surface area contributed by atoms with Crippen LogP contribution < -0.4 is 5.11 Å². The number of hydrogen-bond acceptors (Lipinski definition) is 5. The molecule has 0 saturated carbocycles. The molecule has 0 bridgehead atoms. The number of rotatable bonds is 6. The monoisotopic (exact) mass is 313 g/mol. The Kier molecular flexibility index (Phi) is 4.75. The van der Waals surface area contributed by atoms with Crippen molar-refractivity contribution in [2.24, 2.45) is 0 Å². The van der Waals surface area contributed by atoms with E-state index >= 15 is 0 Å². The summed E-state index contributed by atoms with van der Waals surface area (Å²) in [5, 5.41) is 29.4. The maximum atomic E-state index is 11.1. The molecule has 0 amide bonds. The van der Waals surface area contributed by atoms with E-state index in [1.165, 1.54) is 18.2 Å². The van der Waals surface area contributed by atoms with Crippen LogP contribution in [0.1, 0.15) is 32.7 Å². The number of carboxylic acids is 2. The lowest BCUT2D eigenvalue weighted by molar-refractivity contribution is -0.305. The van der Waals surface area contributed by atoms with Gasteiger partial charge in [0, 0.05) is 5.97 Å². The highest BCUT2D eigenvalue weighted by Gasteiger charge is 2.11. The number of aromatic hydroxyl groups is 1. The standard InChI is InChI=1S/C17H14O6/c18-9-14-8-13(7-12(16(14)21)5-6-15(19)20)10-1-3-11(4-2-10)17(22)23/h1-4,7-9,21H,5-6H2,(H,19,20)(H,22,23)/p-1. The predicted molar refractivity (Wildman–Crippen MR) is 79.2 cm³/mol. The summed E-state index contributed by atoms with van der Waals surface area (Å²) in [6.45, 7) is 0. The Morgan fingerprint density at radius 3 is 2.26 bits per heavy atom. The Bertz CT molecular complexity index is 761. The van der Waals surface area contributed by atoms with Gasteiger partial charge in [0.1, 0.15) is 5.75 Å². The van der Waals surface area contributed by atoms with Gasteiger partial charge in [0.05, 0.1) is 11.1 Å². The van der Waals surface area contributed by atoms with Crippen LogP contribution in [0.2, 0.25) is 0 Å². The van der Waals surface area contributed by atoms with Crippen molar-refractivity contribution >= 4 is 18.2 Å². The first-order valence-corrected chi connectivity index (χ1v) is 6.77. The number of hydrogen-bond donors (Lipinski definition) is 2. The molecular weight excluding hydrogens is 300 g/mol. The van der Waals surface area contributed by atoms with E-state index in [-0.39, 0.29) is 29.7 Å². The average molecular weight is 313 g/mol. The number of carbonyl (C=O) groups excluding carboxylic acids is 2. The lowest BCUT2D eigenvalue weighted by Crippen LogP contribution is -2.22. The molecule has 0 heterocycles. The lowest BCUT2D eigenvalue weighted by Gasteiger charge is -2.11. The molecule has 0 saturated heterocycles. The van der Waals surface area contributed by atoms with Crippen LogP contribution in [-0.2, 0) is 11.2 Å². The third-order valence-corrected chi connectivity index (χ3v) is 3.41. The summed E-state index contributed by atoms with van der Waals surface area (Å²) in [5.41, 5.74) is 1.71. The third kappa shape index (κ3) is 3.74. The molecule has 0 radical (unpaired) electrons. The Morgan fingerprint density at radius 2 is 1.74 bits per heavy atom. The quantitative estimate of drug-likeness (QED) is 0.776. The van der Waals surface area contributed by atoms with E-state index in [9.17, 15) is 24.6 Å². The third-order valence-electron chi connectivity index (χ3n) is 3.41. The van der Waals surface area contributed by atoms with Crippen molar-refractivity contribution in [1.82, 2.24) is 0 Å². The number of aryl methyl sites for hydroxylation is 1. The zero-order chi connectivity index (χ0) is 17.0. The van der Waals surface area contributed by atoms with Crippen LogP contribution in [0.15, 0.2) is 36.4 Å². The molecule has 23 heavy (non-hydrogen) atoms. The number of phenolic OH excluding ortho intramolecular Hbond substituents is 1. The topological polar surface area (TPSA) is 115 Å². The van der Waals surface area contributed by atoms with Crippen molar-refractivity contribution in [3.05, 3.63) is 53.1 Å². The molecule has 2 aromatic carbocycles. The van der Waals surface area contributed by atoms with Crippen LogP contribution in [0.5, 0.6) is 5.75 Å². The molecule has 0 fully saturated rings. The zero-order valence-corrected chi connectivity index (χ0v) is 12.0. The smallest absolute Gasteiger partial charge is 0.335 e. The first kappa shape index (κ1) is 16.2. The van der Waals surface area contributed by atoms with E-state index in [4.69, 9.17) is 5.11 Å². The highest BCUT2D eigenvalue weighted by Crippen LogP contribution is 2.30. The maximum absolute atomic E-state index is 11.1. The number of aldehydes is 1. The Hall–Kier alpha value is -3.15. The van der Waals surface area contributed by atoms with Crippen molar-refractivity contribution in [2.75, 3.05) is 0 Å². The summed E-state index contributed by atoms with van der Waals surface area (Å²) in [4.78, 5) is 32.5. The Balaban J connectivity index is 2.45. The molecule has 2 N–H and O–H groups in total. The molecule has 0 aliphatic heterocycles. The van der Waals surface area contributed by atoms with E-state index in [1.54, 1.807) is 18.2 Å². The van der Waals surface area contributed by atoms with Gasteiger partial charge in [0.15, 0.2) is 6.29 Å². The highest BCUT2D eigenvalue weighted by atomic mass is 16.4. The molecule has 0 aliphatic carbocycles. The summed E-state index contributed by atoms with van der Waals surface area (Å²) in [6.07, 6.45) is 0.219. The van der Waals surface area contributed by atoms with E-state index in [0.29, 0.717) is 23.0 Å². The number of aliphatic carboxylic acids is 1. The summed E-state index contributed by atoms with van der Waals surface area (Å²) >= 11 is 0. The predicted octanol–water partition coefficient (Wildman–Crippen LogP) is 1.25. The SMILES string of the molecule is O=Cc1cc(-c2ccc(C(=O)O)cc2)cc(CCC(=O)[O-])c1O. The van der Waals surface area contributed by atoms with Gasteiger partial charge in [-0.3, -0.25) is 4.79 Å². The first-order chi connectivity index (χ1) is 10.9. The lowest BCUT2D eigenvalue weighted by atomic mass is 9.96. The summed E-state index contributed by atoms with van der Waals surface area (Å²) < 4.78 is 0. The second-order valence-electron chi connectivity index (χ2n) is 4.95. The molecule has 0 aromatic heterocycles. The normalized spacial score (nSPS) is 10.3. The van der Waals surface area contributed by atoms with Crippen LogP contribution in [0.4, 0.5) is 0 Å². The maximum Gasteiger partial charge on any atom is 0.335 e. The van der Waals surface area contributed by atoms with Gasteiger partial charge >= 0.3 is 5.97 Å². The summed E-state index contributed by atoms with van der Waals surface area (Å²) in [7, 11) is 0. The van der Waals surface area contributed by atoms with Gasteiger partial charge in [0.25, 0.3) is 0 Å². The van der Waals surface area contributed by atoms with Crippen molar-refractivity contribution in [1.29, 1.82) is 0 Å². The minimum Gasteiger partial charge on any atom is -0.550 e. The van der Waals surface area contributed by atoms with Crippen LogP contribution >= 0.6 is 0 Å². The van der Waals surface area contributed by atoms with Crippen molar-refractivity contribution in [3.63, 3.8) is 0 Å². The number of carbonyl (C=O) groups is 3.